The van der Waals surface area contributed by atoms with Gasteiger partial charge < -0.3 is 96.1 Å². The number of nitrogens with zero attached hydrogens (tertiary/aromatic N) is 6. The molecule has 7 aromatic rings. The zero-order chi connectivity index (χ0) is 96.6. The van der Waals surface area contributed by atoms with Crippen LogP contribution in [0.2, 0.25) is 0 Å². The number of aliphatic carboxylic acids is 2. The standard InChI is InChI=1S/C81H91N7O42S5/c1-109-76-57(84-81(93)116-43-53-35-21-8-22-36-53)63(111-38-48-25-11-3-12-26-48)61(55(120-76)45-118-132(97,98)99)123-80-73(130-135(106,107)108)67(114-41-51-31-17-6-18-32-51)69(71(128-80)75(91)92)126-78-59(86-88-83)65(129-134(103,104)105)62(56(122-78)46-119-133(100,101)102)124-79-72(115-42-52-33-19-7-20-34-52)66(113-40-50-29-15-5-16-30-50)68(70(127-79)74(89)90)125-77-58(85-87-82)64(112-39-49-27-13-4-14-28-49)60(54(121-77)44-117-131(94,95)96)110-37-47-23-9-2-10-24-47/h2-36,54-73,76-80H,37-46H2,1H3,(H,84,93)(H,89,90)(H,91,92)(H,94,95,96)(H,97,98,99)(H,100,101,102)(H,103,104,105)(H,106,107,108). The molecule has 5 heterocycles. The van der Waals surface area contributed by atoms with Crippen molar-refractivity contribution < 1.29 is 191 Å². The average Bonchev–Trinajstić information content (AvgIpc) is 0.755. The Kier molecular flexibility index (Phi) is 37.3. The number of carbonyl (C=O) groups excluding carboxylic acids is 1. The first-order valence-electron chi connectivity index (χ1n) is 40.5. The fraction of sp³-hybridized carbons (Fsp3) is 0.444. The first-order chi connectivity index (χ1) is 64.5. The number of benzene rings is 7. The molecule has 5 saturated heterocycles. The quantitative estimate of drug-likeness (QED) is 0.00942. The monoisotopic (exact) mass is 1990 g/mol. The van der Waals surface area contributed by atoms with Crippen molar-refractivity contribution in [1.82, 2.24) is 5.32 Å². The maximum Gasteiger partial charge on any atom is 0.407 e. The highest BCUT2D eigenvalue weighted by Crippen LogP contribution is 2.43. The van der Waals surface area contributed by atoms with E-state index in [-0.39, 0.29) is 25.4 Å². The van der Waals surface area contributed by atoms with Gasteiger partial charge in [0.15, 0.2) is 49.8 Å². The van der Waals surface area contributed by atoms with Crippen molar-refractivity contribution in [2.24, 2.45) is 10.2 Å². The maximum absolute atomic E-state index is 14.5. The Morgan fingerprint density at radius 3 is 0.956 bits per heavy atom. The molecule has 135 heavy (non-hydrogen) atoms. The van der Waals surface area contributed by atoms with Crippen molar-refractivity contribution in [3.63, 3.8) is 0 Å². The lowest BCUT2D eigenvalue weighted by molar-refractivity contribution is -0.380. The molecule has 0 bridgehead atoms. The van der Waals surface area contributed by atoms with Gasteiger partial charge in [-0.05, 0) is 50.0 Å². The van der Waals surface area contributed by atoms with Crippen LogP contribution in [-0.4, -0.2) is 273 Å². The molecule has 8 N–H and O–H groups in total. The van der Waals surface area contributed by atoms with E-state index in [2.05, 4.69) is 25.4 Å². The minimum atomic E-state index is -6.21. The average molecular weight is 1990 g/mol. The van der Waals surface area contributed by atoms with Crippen molar-refractivity contribution in [2.75, 3.05) is 26.9 Å². The molecule has 7 aromatic carbocycles. The number of ether oxygens (including phenoxy) is 17. The van der Waals surface area contributed by atoms with Crippen LogP contribution in [0, 0.1) is 0 Å². The van der Waals surface area contributed by atoms with Gasteiger partial charge in [-0.1, -0.05) is 223 Å². The molecule has 5 aliphatic heterocycles. The van der Waals surface area contributed by atoms with E-state index in [0.29, 0.717) is 33.4 Å². The van der Waals surface area contributed by atoms with Gasteiger partial charge in [0.25, 0.3) is 0 Å². The molecule has 1 amide bonds. The SMILES string of the molecule is COC1OC(COS(=O)(=O)O)C(OC2OC(C(=O)O)C(OC3OC(COS(=O)(=O)O)C(OC4OC(C(=O)O)C(OC5OC(COS(=O)(=O)O)C(OCc6ccccc6)C(OCc6ccccc6)C5N=[N+]=[N-])C(OCc5ccccc5)C4OCc4ccccc4)C(OS(=O)(=O)O)C3N=[N+]=[N-])C(OCc3ccccc3)C2OS(=O)(=O)O)C(OCc2ccccc2)C1NC(=O)OCc1ccccc1. The molecule has 0 aliphatic carbocycles. The van der Waals surface area contributed by atoms with E-state index in [0.717, 1.165) is 7.11 Å². The van der Waals surface area contributed by atoms with Crippen LogP contribution in [-0.2, 0) is 209 Å². The predicted octanol–water partition coefficient (Wildman–Crippen LogP) is 5.97. The smallest absolute Gasteiger partial charge is 0.407 e. The lowest BCUT2D eigenvalue weighted by Crippen LogP contribution is -2.70. The van der Waals surface area contributed by atoms with E-state index in [1.54, 1.807) is 158 Å². The molecule has 54 heteroatoms. The second-order valence-corrected chi connectivity index (χ2v) is 35.5. The maximum atomic E-state index is 14.5. The lowest BCUT2D eigenvalue weighted by Gasteiger charge is -2.51. The van der Waals surface area contributed by atoms with Gasteiger partial charge in [0.05, 0.1) is 59.5 Å². The summed E-state index contributed by atoms with van der Waals surface area (Å²) in [4.78, 5) is 48.7. The van der Waals surface area contributed by atoms with Crippen molar-refractivity contribution >= 4 is 70.0 Å². The van der Waals surface area contributed by atoms with E-state index >= 15 is 0 Å². The summed E-state index contributed by atoms with van der Waals surface area (Å²) in [5.41, 5.74) is 23.8. The first-order valence-corrected chi connectivity index (χ1v) is 47.3. The van der Waals surface area contributed by atoms with Gasteiger partial charge in [0.2, 0.25) is 0 Å². The van der Waals surface area contributed by atoms with Gasteiger partial charge >= 0.3 is 70.0 Å². The van der Waals surface area contributed by atoms with Crippen molar-refractivity contribution in [2.45, 2.75) is 200 Å². The lowest BCUT2D eigenvalue weighted by atomic mass is 9.93. The van der Waals surface area contributed by atoms with Gasteiger partial charge in [0, 0.05) is 16.9 Å². The van der Waals surface area contributed by atoms with Gasteiger partial charge in [-0.15, -0.1) is 0 Å². The largest absolute Gasteiger partial charge is 0.479 e. The Balaban J connectivity index is 0.963. The van der Waals surface area contributed by atoms with Gasteiger partial charge in [-0.3, -0.25) is 22.8 Å². The van der Waals surface area contributed by atoms with E-state index in [1.165, 1.54) is 54.6 Å². The molecule has 0 radical (unpaired) electrons. The van der Waals surface area contributed by atoms with Gasteiger partial charge in [-0.25, -0.2) is 35.3 Å². The highest BCUT2D eigenvalue weighted by Gasteiger charge is 2.63. The predicted molar refractivity (Wildman–Crippen MR) is 450 cm³/mol. The molecule has 49 nitrogen and oxygen atoms in total. The molecule has 0 spiro atoms. The Morgan fingerprint density at radius 1 is 0.333 bits per heavy atom. The molecular formula is C81H91N7O42S5. The molecule has 732 valence electrons. The van der Waals surface area contributed by atoms with Crippen molar-refractivity contribution in [3.8, 4) is 0 Å². The van der Waals surface area contributed by atoms with Crippen LogP contribution in [0.1, 0.15) is 38.9 Å². The van der Waals surface area contributed by atoms with E-state index in [1.807, 2.05) is 0 Å². The topological polar surface area (TPSA) is 676 Å². The Hall–Kier alpha value is -9.92. The van der Waals surface area contributed by atoms with Crippen LogP contribution in [0.5, 0.6) is 0 Å². The fourth-order valence-electron chi connectivity index (χ4n) is 15.1. The number of methoxy groups -OCH3 is 1. The highest BCUT2D eigenvalue weighted by atomic mass is 32.3. The first kappa shape index (κ1) is 104. The Labute approximate surface area is 771 Å². The number of hydrogen-bond donors (Lipinski definition) is 8. The normalized spacial score (nSPS) is 29.1. The molecular weight excluding hydrogens is 1900 g/mol. The van der Waals surface area contributed by atoms with Crippen molar-refractivity contribution in [1.29, 1.82) is 0 Å². The summed E-state index contributed by atoms with van der Waals surface area (Å²) >= 11 is 0. The number of azide groups is 2. The summed E-state index contributed by atoms with van der Waals surface area (Å²) in [5, 5.41) is 33.5. The summed E-state index contributed by atoms with van der Waals surface area (Å²) in [6, 6.07) is 49.1. The Bertz CT molecular complexity index is 5700. The minimum absolute atomic E-state index is 0.138. The summed E-state index contributed by atoms with van der Waals surface area (Å²) in [6.07, 6.45) is -53.3. The molecule has 5 aliphatic rings. The molecule has 5 fully saturated rings. The zero-order valence-electron chi connectivity index (χ0n) is 70.4. The summed E-state index contributed by atoms with van der Waals surface area (Å²) in [5.74, 6) is -4.24. The van der Waals surface area contributed by atoms with Gasteiger partial charge in [0.1, 0.15) is 110 Å². The zero-order valence-corrected chi connectivity index (χ0v) is 74.4. The van der Waals surface area contributed by atoms with Crippen LogP contribution >= 0.6 is 0 Å². The highest BCUT2D eigenvalue weighted by molar-refractivity contribution is 7.81. The number of carbonyl (C=O) groups is 3. The van der Waals surface area contributed by atoms with Crippen LogP contribution in [0.25, 0.3) is 20.9 Å². The molecule has 25 unspecified atom stereocenters. The molecule has 25 atom stereocenters. The minimum Gasteiger partial charge on any atom is -0.479 e. The second-order valence-electron chi connectivity index (χ2n) is 30.1. The number of alkyl carbamates (subject to hydrolysis) is 1. The number of carboxylic acid groups (broad SMARTS) is 2. The number of rotatable bonds is 47. The number of carboxylic acids is 2. The molecule has 12 rings (SSSR count). The Morgan fingerprint density at radius 2 is 0.615 bits per heavy atom. The van der Waals surface area contributed by atoms with Crippen LogP contribution in [0.4, 0.5) is 4.79 Å². The third-order valence-electron chi connectivity index (χ3n) is 20.9. The van der Waals surface area contributed by atoms with Crippen LogP contribution in [0.3, 0.4) is 0 Å². The van der Waals surface area contributed by atoms with Gasteiger partial charge in [-0.2, -0.15) is 42.1 Å². The summed E-state index contributed by atoms with van der Waals surface area (Å²) in [7, 11) is -28.0. The third-order valence-corrected chi connectivity index (χ3v) is 23.2. The summed E-state index contributed by atoms with van der Waals surface area (Å²) in [6.45, 7) is -7.70. The molecule has 0 aromatic heterocycles. The fourth-order valence-corrected chi connectivity index (χ4v) is 17.0. The second kappa shape index (κ2) is 48.4. The van der Waals surface area contributed by atoms with Crippen LogP contribution < -0.4 is 5.32 Å². The molecule has 0 saturated carbocycles. The number of amides is 1. The number of hydrogen-bond acceptors (Lipinski definition) is 37. The van der Waals surface area contributed by atoms with E-state index < -0.39 is 270 Å². The third kappa shape index (κ3) is 30.8. The van der Waals surface area contributed by atoms with Crippen molar-refractivity contribution in [3.05, 3.63) is 272 Å². The van der Waals surface area contributed by atoms with E-state index in [9.17, 15) is 101 Å². The number of nitrogens with one attached hydrogen (secondary N) is 1. The van der Waals surface area contributed by atoms with Crippen LogP contribution in [0.15, 0.2) is 223 Å². The summed E-state index contributed by atoms with van der Waals surface area (Å²) < 4.78 is 316. The van der Waals surface area contributed by atoms with E-state index in [4.69, 9.17) is 101 Å².